The van der Waals surface area contributed by atoms with E-state index in [2.05, 4.69) is 78.3 Å². The van der Waals surface area contributed by atoms with E-state index in [4.69, 9.17) is 23.2 Å². The van der Waals surface area contributed by atoms with Crippen LogP contribution >= 0.6 is 0 Å². The van der Waals surface area contributed by atoms with E-state index in [-0.39, 0.29) is 45.0 Å². The summed E-state index contributed by atoms with van der Waals surface area (Å²) in [4.78, 5) is 22.4. The molecule has 1 aliphatic heterocycles. The number of rotatable bonds is 6. The van der Waals surface area contributed by atoms with Gasteiger partial charge >= 0.3 is 0 Å². The molecule has 0 radical (unpaired) electrons. The highest BCUT2D eigenvalue weighted by atomic mass is 15.3. The molecule has 13 rings (SSSR count). The molecule has 2 unspecified atom stereocenters. The molecule has 6 nitrogen and oxygen atoms in total. The van der Waals surface area contributed by atoms with Crippen LogP contribution in [-0.4, -0.2) is 30.0 Å². The summed E-state index contributed by atoms with van der Waals surface area (Å²) >= 11 is 0. The van der Waals surface area contributed by atoms with Gasteiger partial charge in [0.25, 0.3) is 0 Å². The minimum Gasteiger partial charge on any atom is -0.309 e. The number of benzene rings is 7. The maximum atomic E-state index is 10.2. The van der Waals surface area contributed by atoms with Crippen LogP contribution in [0.3, 0.4) is 0 Å². The van der Waals surface area contributed by atoms with Crippen molar-refractivity contribution in [3.05, 3.63) is 222 Å². The maximum absolute atomic E-state index is 10.2. The van der Waals surface area contributed by atoms with E-state index in [1.165, 1.54) is 0 Å². The number of anilines is 2. The van der Waals surface area contributed by atoms with Crippen LogP contribution in [0.25, 0.3) is 61.4 Å². The lowest BCUT2D eigenvalue weighted by molar-refractivity contribution is 0.193. The summed E-state index contributed by atoms with van der Waals surface area (Å²) < 4.78 is 111. The Morgan fingerprint density at radius 1 is 0.569 bits per heavy atom. The number of hydrogen-bond donors (Lipinski definition) is 0. The molecule has 1 fully saturated rings. The lowest BCUT2D eigenvalue weighted by Crippen LogP contribution is -2.55. The van der Waals surface area contributed by atoms with Crippen molar-refractivity contribution in [2.75, 3.05) is 4.90 Å². The lowest BCUT2D eigenvalue weighted by atomic mass is 9.62. The molecule has 2 atom stereocenters. The number of pyridine rings is 1. The highest BCUT2D eigenvalue weighted by Gasteiger charge is 2.58. The third-order valence-electron chi connectivity index (χ3n) is 14.5. The van der Waals surface area contributed by atoms with Gasteiger partial charge in [0.1, 0.15) is 0 Å². The topological polar surface area (TPSA) is 59.7 Å². The first-order chi connectivity index (χ1) is 37.0. The van der Waals surface area contributed by atoms with Crippen LogP contribution in [-0.2, 0) is 10.8 Å². The molecule has 7 aromatic carbocycles. The van der Waals surface area contributed by atoms with Gasteiger partial charge in [-0.25, -0.2) is 4.98 Å². The van der Waals surface area contributed by atoms with Crippen molar-refractivity contribution in [1.82, 2.24) is 24.5 Å². The van der Waals surface area contributed by atoms with Crippen molar-refractivity contribution < 1.29 is 16.4 Å². The van der Waals surface area contributed by atoms with Crippen molar-refractivity contribution in [3.8, 4) is 39.6 Å². The van der Waals surface area contributed by atoms with Gasteiger partial charge in [0.05, 0.1) is 44.1 Å². The SMILES string of the molecule is [2H]c1c([2H])c(-c2nc(-c3ccc4c(c3)-c3ccccc3C4(c3ccccc3)c3ccccc3)nc(N3c4ccncc4C4(C)CCCCC34C)n2)c([2H])c(-n2c3c([2H])c([2H])c([2H])c([2H])c3c3c([2H])c([2H])c([2H])c([2H])c32)c1[2H]. The molecule has 3 aliphatic rings. The average molecular weight is 851 g/mol. The molecule has 0 bridgehead atoms. The summed E-state index contributed by atoms with van der Waals surface area (Å²) in [5.74, 6) is 0.204. The first kappa shape index (κ1) is 27.5. The summed E-state index contributed by atoms with van der Waals surface area (Å²) in [6.45, 7) is 4.44. The molecule has 0 N–H and O–H groups in total. The average Bonchev–Trinajstić information content (AvgIpc) is 4.13. The first-order valence-corrected chi connectivity index (χ1v) is 22.0. The molecule has 0 spiro atoms. The smallest absolute Gasteiger partial charge is 0.234 e. The van der Waals surface area contributed by atoms with Crippen LogP contribution in [0.5, 0.6) is 0 Å². The Bertz CT molecular complexity index is 4090. The van der Waals surface area contributed by atoms with Crippen molar-refractivity contribution in [2.45, 2.75) is 55.9 Å². The van der Waals surface area contributed by atoms with Gasteiger partial charge in [0.15, 0.2) is 11.6 Å². The Labute approximate surface area is 395 Å². The molecule has 312 valence electrons. The number of hydrogen-bond acceptors (Lipinski definition) is 5. The normalized spacial score (nSPS) is 21.8. The molecule has 3 aromatic heterocycles. The van der Waals surface area contributed by atoms with Gasteiger partial charge < -0.3 is 9.47 Å². The van der Waals surface area contributed by atoms with Crippen molar-refractivity contribution in [2.24, 2.45) is 0 Å². The van der Waals surface area contributed by atoms with Crippen LogP contribution in [0.15, 0.2) is 194 Å². The fourth-order valence-electron chi connectivity index (χ4n) is 11.4. The molecule has 2 aliphatic carbocycles. The first-order valence-electron chi connectivity index (χ1n) is 28.0. The van der Waals surface area contributed by atoms with E-state index in [1.54, 1.807) is 6.20 Å². The fraction of sp³-hybridized carbons (Fsp3) is 0.153. The highest BCUT2D eigenvalue weighted by molar-refractivity contribution is 6.09. The summed E-state index contributed by atoms with van der Waals surface area (Å²) in [6.07, 6.45) is 7.17. The monoisotopic (exact) mass is 850 g/mol. The number of aromatic nitrogens is 5. The molecular weight excluding hydrogens is 793 g/mol. The van der Waals surface area contributed by atoms with Gasteiger partial charge in [0, 0.05) is 51.0 Å². The number of para-hydroxylation sites is 2. The van der Waals surface area contributed by atoms with Crippen LogP contribution < -0.4 is 4.90 Å². The standard InChI is InChI=1S/C59H46N6/c1-57-33-15-16-34-58(57,2)65(53-32-35-60-38-50(53)57)56-62-54(39-18-17-23-43(36-39)64-51-28-13-10-25-45(51)46-26-11-14-29-52(46)64)61-55(63-56)40-30-31-49-47(37-40)44-24-9-12-27-48(44)59(49,41-19-5-3-6-20-41)42-21-7-4-8-22-42/h3-14,17-32,35-38H,15-16,33-34H2,1-2H3/i10D,11D,13D,14D,17D,18D,23D,25D,26D,28D,29D,36D. The quantitative estimate of drug-likeness (QED) is 0.167. The Morgan fingerprint density at radius 3 is 1.95 bits per heavy atom. The second kappa shape index (κ2) is 14.2. The van der Waals surface area contributed by atoms with Gasteiger partial charge in [-0.05, 0) is 89.4 Å². The number of fused-ring (bicyclic) bond motifs is 9. The van der Waals surface area contributed by atoms with Gasteiger partial charge in [0.2, 0.25) is 5.95 Å². The van der Waals surface area contributed by atoms with Crippen LogP contribution in [0.2, 0.25) is 0 Å². The van der Waals surface area contributed by atoms with E-state index >= 15 is 0 Å². The zero-order chi connectivity index (χ0) is 53.8. The molecule has 0 saturated heterocycles. The molecule has 65 heavy (non-hydrogen) atoms. The van der Waals surface area contributed by atoms with Gasteiger partial charge in [-0.15, -0.1) is 0 Å². The molecule has 4 heterocycles. The minimum absolute atomic E-state index is 0.188. The Balaban J connectivity index is 1.12. The third kappa shape index (κ3) is 5.28. The second-order valence-corrected chi connectivity index (χ2v) is 17.6. The molecular formula is C59H46N6. The molecule has 1 saturated carbocycles. The van der Waals surface area contributed by atoms with Crippen LogP contribution in [0, 0.1) is 0 Å². The Kier molecular flexibility index (Phi) is 5.98. The summed E-state index contributed by atoms with van der Waals surface area (Å²) in [5, 5.41) is -0.505. The van der Waals surface area contributed by atoms with E-state index < -0.39 is 94.6 Å². The zero-order valence-corrected chi connectivity index (χ0v) is 35.6. The van der Waals surface area contributed by atoms with Crippen LogP contribution in [0.4, 0.5) is 11.6 Å². The third-order valence-corrected chi connectivity index (χ3v) is 14.5. The van der Waals surface area contributed by atoms with Gasteiger partial charge in [-0.1, -0.05) is 165 Å². The van der Waals surface area contributed by atoms with Crippen LogP contribution in [0.1, 0.15) is 83.8 Å². The second-order valence-electron chi connectivity index (χ2n) is 17.6. The molecule has 0 amide bonds. The Morgan fingerprint density at radius 2 is 1.22 bits per heavy atom. The summed E-state index contributed by atoms with van der Waals surface area (Å²) in [6, 6.07) is 29.6. The number of nitrogens with zero attached hydrogens (tertiary/aromatic N) is 6. The Hall–Kier alpha value is -7.70. The predicted molar refractivity (Wildman–Crippen MR) is 263 cm³/mol. The summed E-state index contributed by atoms with van der Waals surface area (Å²) in [7, 11) is 0. The minimum atomic E-state index is -0.701. The molecule has 10 aromatic rings. The lowest BCUT2D eigenvalue weighted by Gasteiger charge is -2.49. The van der Waals surface area contributed by atoms with Crippen molar-refractivity contribution in [3.63, 3.8) is 0 Å². The van der Waals surface area contributed by atoms with E-state index in [9.17, 15) is 8.22 Å². The maximum Gasteiger partial charge on any atom is 0.234 e. The largest absolute Gasteiger partial charge is 0.309 e. The van der Waals surface area contributed by atoms with E-state index in [1.807, 2.05) is 60.8 Å². The van der Waals surface area contributed by atoms with Crippen molar-refractivity contribution in [1.29, 1.82) is 0 Å². The molecule has 6 heteroatoms. The van der Waals surface area contributed by atoms with Gasteiger partial charge in [-0.3, -0.25) is 4.98 Å². The van der Waals surface area contributed by atoms with E-state index in [0.29, 0.717) is 5.56 Å². The predicted octanol–water partition coefficient (Wildman–Crippen LogP) is 13.8. The van der Waals surface area contributed by atoms with E-state index in [0.717, 1.165) is 74.9 Å². The van der Waals surface area contributed by atoms with Gasteiger partial charge in [-0.2, -0.15) is 9.97 Å². The summed E-state index contributed by atoms with van der Waals surface area (Å²) in [5.41, 5.74) is 5.58. The highest BCUT2D eigenvalue weighted by Crippen LogP contribution is 2.60. The fourth-order valence-corrected chi connectivity index (χ4v) is 11.4. The zero-order valence-electron chi connectivity index (χ0n) is 47.6. The van der Waals surface area contributed by atoms with Crippen molar-refractivity contribution >= 4 is 33.4 Å².